The van der Waals surface area contributed by atoms with Crippen LogP contribution in [-0.4, -0.2) is 15.7 Å². The zero-order valence-corrected chi connectivity index (χ0v) is 30.6. The van der Waals surface area contributed by atoms with Gasteiger partial charge in [-0.3, -0.25) is 4.99 Å². The third-order valence-electron chi connectivity index (χ3n) is 10.2. The molecule has 0 radical (unpaired) electrons. The van der Waals surface area contributed by atoms with E-state index in [0.29, 0.717) is 5.82 Å². The Hall–Kier alpha value is -6.45. The van der Waals surface area contributed by atoms with Gasteiger partial charge in [0.1, 0.15) is 0 Å². The smallest absolute Gasteiger partial charge is 0.160 e. The van der Waals surface area contributed by atoms with E-state index in [0.717, 1.165) is 72.9 Å². The normalized spacial score (nSPS) is 15.8. The Labute approximate surface area is 313 Å². The summed E-state index contributed by atoms with van der Waals surface area (Å²) in [4.78, 5) is 15.9. The lowest BCUT2D eigenvalue weighted by atomic mass is 9.64. The molecule has 3 nitrogen and oxygen atoms in total. The first-order chi connectivity index (χ1) is 25.9. The van der Waals surface area contributed by atoms with Crippen LogP contribution in [-0.2, 0) is 5.41 Å². The van der Waals surface area contributed by atoms with Crippen molar-refractivity contribution in [3.05, 3.63) is 217 Å². The van der Waals surface area contributed by atoms with Gasteiger partial charge in [0.05, 0.1) is 22.5 Å². The first-order valence-corrected chi connectivity index (χ1v) is 18.1. The molecule has 53 heavy (non-hydrogen) atoms. The SMILES string of the molecule is C=CC(C)C1(C(=C)/C=C\C)c2ccccc2-c2nc(-c3ccc(/C(=C/C(=C)c4ccccc4)N=C(C)c4ccccc4)cc3)nc(-c3ccccc3)c21. The topological polar surface area (TPSA) is 38.1 Å². The second-order valence-electron chi connectivity index (χ2n) is 13.5. The number of rotatable bonds is 11. The van der Waals surface area contributed by atoms with Crippen molar-refractivity contribution in [1.82, 2.24) is 9.97 Å². The number of aromatic nitrogens is 2. The van der Waals surface area contributed by atoms with E-state index in [-0.39, 0.29) is 5.92 Å². The van der Waals surface area contributed by atoms with Crippen molar-refractivity contribution in [1.29, 1.82) is 0 Å². The largest absolute Gasteiger partial charge is 0.252 e. The molecule has 0 fully saturated rings. The summed E-state index contributed by atoms with van der Waals surface area (Å²) in [5, 5.41) is 0. The maximum absolute atomic E-state index is 5.41. The molecule has 5 aromatic carbocycles. The van der Waals surface area contributed by atoms with E-state index in [1.165, 1.54) is 5.56 Å². The summed E-state index contributed by atoms with van der Waals surface area (Å²) in [5.74, 6) is 0.673. The van der Waals surface area contributed by atoms with Crippen molar-refractivity contribution in [2.45, 2.75) is 26.2 Å². The lowest BCUT2D eigenvalue weighted by molar-refractivity contribution is 0.492. The van der Waals surface area contributed by atoms with Gasteiger partial charge in [-0.15, -0.1) is 6.58 Å². The molecule has 0 N–H and O–H groups in total. The summed E-state index contributed by atoms with van der Waals surface area (Å²) in [6.07, 6.45) is 8.27. The van der Waals surface area contributed by atoms with E-state index in [1.54, 1.807) is 0 Å². The van der Waals surface area contributed by atoms with Gasteiger partial charge in [0.25, 0.3) is 0 Å². The summed E-state index contributed by atoms with van der Waals surface area (Å²) in [6.45, 7) is 19.6. The number of aliphatic imine (C=N–C) groups is 1. The number of hydrogen-bond donors (Lipinski definition) is 0. The molecule has 0 spiro atoms. The fourth-order valence-corrected chi connectivity index (χ4v) is 7.54. The maximum Gasteiger partial charge on any atom is 0.160 e. The molecule has 1 aromatic heterocycles. The van der Waals surface area contributed by atoms with Crippen molar-refractivity contribution in [3.8, 4) is 33.9 Å². The Bertz CT molecular complexity index is 2400. The van der Waals surface area contributed by atoms with Crippen LogP contribution in [0.25, 0.3) is 45.2 Å². The molecular weight excluding hydrogens is 643 g/mol. The summed E-state index contributed by atoms with van der Waals surface area (Å²) >= 11 is 0. The van der Waals surface area contributed by atoms with Crippen LogP contribution in [0.1, 0.15) is 48.6 Å². The highest BCUT2D eigenvalue weighted by atomic mass is 14.9. The quantitative estimate of drug-likeness (QED) is 0.0773. The lowest BCUT2D eigenvalue weighted by Crippen LogP contribution is -2.34. The van der Waals surface area contributed by atoms with Gasteiger partial charge >= 0.3 is 0 Å². The van der Waals surface area contributed by atoms with Crippen LogP contribution >= 0.6 is 0 Å². The molecule has 1 aliphatic rings. The van der Waals surface area contributed by atoms with E-state index >= 15 is 0 Å². The molecule has 0 amide bonds. The standard InChI is InChI=1S/C50H43N3/c1-7-20-36(5)50(35(4)8-2)44-28-19-18-27-43(44)48-46(50)47(41-25-16-11-17-26-41)52-49(53-48)42-31-29-40(30-32-42)45(33-34(3)38-21-12-9-13-22-38)51-37(6)39-23-14-10-15-24-39/h7-33,35H,2-3,5H2,1,4,6H3/b20-7-,45-33-,51-37?. The molecule has 6 aromatic rings. The second kappa shape index (κ2) is 15.0. The van der Waals surface area contributed by atoms with Crippen LogP contribution in [0, 0.1) is 5.92 Å². The van der Waals surface area contributed by atoms with E-state index in [4.69, 9.17) is 15.0 Å². The van der Waals surface area contributed by atoms with Gasteiger partial charge in [-0.25, -0.2) is 9.97 Å². The van der Waals surface area contributed by atoms with E-state index in [2.05, 4.69) is 142 Å². The minimum Gasteiger partial charge on any atom is -0.252 e. The number of fused-ring (bicyclic) bond motifs is 3. The Balaban J connectivity index is 1.40. The molecule has 0 saturated carbocycles. The van der Waals surface area contributed by atoms with Crippen LogP contribution in [0.15, 0.2) is 194 Å². The van der Waals surface area contributed by atoms with Crippen LogP contribution in [0.5, 0.6) is 0 Å². The summed E-state index contributed by atoms with van der Waals surface area (Å²) in [7, 11) is 0. The fourth-order valence-electron chi connectivity index (χ4n) is 7.54. The van der Waals surface area contributed by atoms with Gasteiger partial charge in [-0.1, -0.05) is 178 Å². The molecular formula is C50H43N3. The zero-order chi connectivity index (χ0) is 37.0. The third kappa shape index (κ3) is 6.47. The average Bonchev–Trinajstić information content (AvgIpc) is 3.52. The van der Waals surface area contributed by atoms with Gasteiger partial charge in [0.15, 0.2) is 5.82 Å². The van der Waals surface area contributed by atoms with Crippen molar-refractivity contribution in [2.75, 3.05) is 0 Å². The van der Waals surface area contributed by atoms with Crippen LogP contribution in [0.3, 0.4) is 0 Å². The van der Waals surface area contributed by atoms with Crippen molar-refractivity contribution in [3.63, 3.8) is 0 Å². The van der Waals surface area contributed by atoms with Crippen molar-refractivity contribution >= 4 is 17.0 Å². The highest BCUT2D eigenvalue weighted by Gasteiger charge is 2.50. The monoisotopic (exact) mass is 685 g/mol. The third-order valence-corrected chi connectivity index (χ3v) is 10.2. The summed E-state index contributed by atoms with van der Waals surface area (Å²) in [6, 6.07) is 47.9. The minimum absolute atomic E-state index is 0.0144. The minimum atomic E-state index is -0.594. The number of benzene rings is 5. The first-order valence-electron chi connectivity index (χ1n) is 18.1. The number of allylic oxidation sites excluding steroid dienone is 6. The number of hydrogen-bond acceptors (Lipinski definition) is 3. The molecule has 0 aliphatic heterocycles. The Kier molecular flexibility index (Phi) is 9.92. The van der Waals surface area contributed by atoms with Crippen molar-refractivity contribution in [2.24, 2.45) is 10.9 Å². The maximum atomic E-state index is 5.41. The van der Waals surface area contributed by atoms with E-state index in [1.807, 2.05) is 62.4 Å². The van der Waals surface area contributed by atoms with Gasteiger partial charge < -0.3 is 0 Å². The van der Waals surface area contributed by atoms with Crippen LogP contribution < -0.4 is 0 Å². The highest BCUT2D eigenvalue weighted by Crippen LogP contribution is 2.58. The Morgan fingerprint density at radius 1 is 0.679 bits per heavy atom. The molecule has 0 bridgehead atoms. The predicted molar refractivity (Wildman–Crippen MR) is 225 cm³/mol. The molecule has 2 atom stereocenters. The zero-order valence-electron chi connectivity index (χ0n) is 30.6. The van der Waals surface area contributed by atoms with E-state index in [9.17, 15) is 0 Å². The van der Waals surface area contributed by atoms with Gasteiger partial charge in [0.2, 0.25) is 0 Å². The van der Waals surface area contributed by atoms with Gasteiger partial charge in [-0.05, 0) is 53.7 Å². The Morgan fingerprint density at radius 3 is 1.91 bits per heavy atom. The van der Waals surface area contributed by atoms with Crippen LogP contribution in [0.4, 0.5) is 0 Å². The lowest BCUT2D eigenvalue weighted by Gasteiger charge is -2.38. The van der Waals surface area contributed by atoms with Crippen molar-refractivity contribution < 1.29 is 0 Å². The van der Waals surface area contributed by atoms with Gasteiger partial charge in [-0.2, -0.15) is 0 Å². The molecule has 2 unspecified atom stereocenters. The summed E-state index contributed by atoms with van der Waals surface area (Å²) < 4.78 is 0. The molecule has 1 heterocycles. The number of nitrogens with zero attached hydrogens (tertiary/aromatic N) is 3. The molecule has 258 valence electrons. The first kappa shape index (κ1) is 35.0. The molecule has 1 aliphatic carbocycles. The molecule has 0 saturated heterocycles. The van der Waals surface area contributed by atoms with Gasteiger partial charge in [0, 0.05) is 33.5 Å². The Morgan fingerprint density at radius 2 is 1.26 bits per heavy atom. The highest BCUT2D eigenvalue weighted by molar-refractivity contribution is 6.02. The predicted octanol–water partition coefficient (Wildman–Crippen LogP) is 12.6. The fraction of sp³-hybridized carbons (Fsp3) is 0.100. The molecule has 7 rings (SSSR count). The molecule has 3 heteroatoms. The van der Waals surface area contributed by atoms with Crippen LogP contribution in [0.2, 0.25) is 0 Å². The van der Waals surface area contributed by atoms with E-state index < -0.39 is 5.41 Å². The summed E-state index contributed by atoms with van der Waals surface area (Å²) in [5.41, 5.74) is 13.2. The second-order valence-corrected chi connectivity index (χ2v) is 13.5. The average molecular weight is 686 g/mol.